The molecule has 0 amide bonds. The molecule has 0 aromatic heterocycles. The van der Waals surface area contributed by atoms with Crippen LogP contribution < -0.4 is 4.90 Å². The van der Waals surface area contributed by atoms with Gasteiger partial charge in [0.25, 0.3) is 0 Å². The van der Waals surface area contributed by atoms with E-state index in [9.17, 15) is 12.9 Å². The zero-order chi connectivity index (χ0) is 10.8. The Morgan fingerprint density at radius 3 is 2.07 bits per heavy atom. The normalized spacial score (nSPS) is 11.5. The maximum atomic E-state index is 12.1. The number of nitrogens with zero attached hydrogens (tertiary/aromatic N) is 1. The molecule has 0 radical (unpaired) electrons. The molecule has 0 aliphatic carbocycles. The van der Waals surface area contributed by atoms with E-state index < -0.39 is 13.4 Å². The predicted molar refractivity (Wildman–Crippen MR) is 53.5 cm³/mol. The molecule has 0 fully saturated rings. The first-order chi connectivity index (χ1) is 6.38. The predicted octanol–water partition coefficient (Wildman–Crippen LogP) is 2.82. The maximum absolute atomic E-state index is 12.1. The van der Waals surface area contributed by atoms with Gasteiger partial charge in [0.2, 0.25) is 0 Å². The third-order valence-electron chi connectivity index (χ3n) is 1.96. The largest absolute Gasteiger partial charge is 0.497 e. The molecule has 0 aliphatic heterocycles. The molecule has 0 bridgehead atoms. The second kappa shape index (κ2) is 3.94. The fraction of sp³-hybridized carbons (Fsp3) is 0.333. The van der Waals surface area contributed by atoms with Crippen molar-refractivity contribution in [2.45, 2.75) is 6.92 Å². The molecule has 0 aliphatic rings. The molecule has 78 valence electrons. The Labute approximate surface area is 81.6 Å². The van der Waals surface area contributed by atoms with Crippen LogP contribution in [0.15, 0.2) is 24.3 Å². The molecule has 0 heterocycles. The van der Waals surface area contributed by atoms with Crippen molar-refractivity contribution < 1.29 is 12.9 Å². The molecule has 1 nitrogen and oxygen atoms in total. The molecule has 0 unspecified atom stereocenters. The maximum Gasteiger partial charge on any atom is 0.497 e. The summed E-state index contributed by atoms with van der Waals surface area (Å²) in [6.45, 7) is -2.85. The summed E-state index contributed by atoms with van der Waals surface area (Å²) < 4.78 is 36.3. The number of anilines is 1. The van der Waals surface area contributed by atoms with E-state index in [0.29, 0.717) is 5.69 Å². The van der Waals surface area contributed by atoms with Crippen molar-refractivity contribution in [2.24, 2.45) is 0 Å². The van der Waals surface area contributed by atoms with Gasteiger partial charge >= 0.3 is 6.98 Å². The van der Waals surface area contributed by atoms with E-state index in [1.54, 1.807) is 24.3 Å². The van der Waals surface area contributed by atoms with Gasteiger partial charge in [-0.25, -0.2) is 0 Å². The van der Waals surface area contributed by atoms with Crippen LogP contribution in [0.2, 0.25) is 0 Å². The fourth-order valence-electron chi connectivity index (χ4n) is 1.22. The van der Waals surface area contributed by atoms with E-state index in [2.05, 4.69) is 0 Å². The van der Waals surface area contributed by atoms with E-state index in [-0.39, 0.29) is 0 Å². The van der Waals surface area contributed by atoms with Crippen LogP contribution in [-0.4, -0.2) is 20.5 Å². The average Bonchev–Trinajstić information content (AvgIpc) is 2.02. The van der Waals surface area contributed by atoms with Gasteiger partial charge < -0.3 is 17.8 Å². The SMILES string of the molecule is Cc1ccc(N(C)C[B-](F)(F)F)cc1. The summed E-state index contributed by atoms with van der Waals surface area (Å²) in [6, 6.07) is 6.98. The van der Waals surface area contributed by atoms with Crippen molar-refractivity contribution in [3.63, 3.8) is 0 Å². The Hall–Kier alpha value is -1.13. The molecule has 5 heteroatoms. The topological polar surface area (TPSA) is 3.24 Å². The van der Waals surface area contributed by atoms with Gasteiger partial charge in [-0.3, -0.25) is 0 Å². The number of benzene rings is 1. The second-order valence-electron chi connectivity index (χ2n) is 3.43. The van der Waals surface area contributed by atoms with Gasteiger partial charge in [0.05, 0.1) is 0 Å². The molecular formula is C9H12BF3N-. The van der Waals surface area contributed by atoms with Crippen molar-refractivity contribution >= 4 is 12.7 Å². The Kier molecular flexibility index (Phi) is 3.08. The van der Waals surface area contributed by atoms with Gasteiger partial charge in [0, 0.05) is 12.7 Å². The molecule has 0 atom stereocenters. The Bertz CT molecular complexity index is 294. The lowest BCUT2D eigenvalue weighted by Crippen LogP contribution is -2.35. The van der Waals surface area contributed by atoms with Crippen LogP contribution in [0, 0.1) is 6.92 Å². The number of rotatable bonds is 3. The van der Waals surface area contributed by atoms with Crippen molar-refractivity contribution in [2.75, 3.05) is 18.4 Å². The van der Waals surface area contributed by atoms with Crippen LogP contribution in [0.4, 0.5) is 18.6 Å². The van der Waals surface area contributed by atoms with Crippen molar-refractivity contribution in [3.8, 4) is 0 Å². The van der Waals surface area contributed by atoms with E-state index in [1.807, 2.05) is 6.92 Å². The number of hydrogen-bond donors (Lipinski definition) is 0. The van der Waals surface area contributed by atoms with Gasteiger partial charge in [-0.2, -0.15) is 0 Å². The van der Waals surface area contributed by atoms with Crippen molar-refractivity contribution in [3.05, 3.63) is 29.8 Å². The van der Waals surface area contributed by atoms with Gasteiger partial charge in [0.15, 0.2) is 0 Å². The van der Waals surface area contributed by atoms with E-state index in [0.717, 1.165) is 5.56 Å². The Morgan fingerprint density at radius 1 is 1.14 bits per heavy atom. The van der Waals surface area contributed by atoms with E-state index in [4.69, 9.17) is 0 Å². The monoisotopic (exact) mass is 202 g/mol. The molecule has 1 aromatic carbocycles. The highest BCUT2D eigenvalue weighted by Gasteiger charge is 2.24. The second-order valence-corrected chi connectivity index (χ2v) is 3.43. The van der Waals surface area contributed by atoms with Gasteiger partial charge in [-0.1, -0.05) is 17.7 Å². The lowest BCUT2D eigenvalue weighted by molar-refractivity contribution is 0.470. The summed E-state index contributed by atoms with van der Waals surface area (Å²) in [7, 11) is 1.44. The molecule has 0 saturated carbocycles. The highest BCUT2D eigenvalue weighted by molar-refractivity contribution is 6.59. The van der Waals surface area contributed by atoms with Crippen LogP contribution in [0.25, 0.3) is 0 Å². The number of aryl methyl sites for hydroxylation is 1. The highest BCUT2D eigenvalue weighted by atomic mass is 19.4. The minimum Gasteiger partial charge on any atom is -0.448 e. The van der Waals surface area contributed by atoms with Crippen LogP contribution in [-0.2, 0) is 0 Å². The van der Waals surface area contributed by atoms with Crippen molar-refractivity contribution in [1.29, 1.82) is 0 Å². The third kappa shape index (κ3) is 3.32. The van der Waals surface area contributed by atoms with Crippen LogP contribution in [0.1, 0.15) is 5.56 Å². The quantitative estimate of drug-likeness (QED) is 0.681. The summed E-state index contributed by atoms with van der Waals surface area (Å²) in [5.41, 5.74) is 1.63. The molecule has 0 saturated heterocycles. The number of hydrogen-bond acceptors (Lipinski definition) is 1. The van der Waals surface area contributed by atoms with Gasteiger partial charge in [-0.05, 0) is 25.5 Å². The van der Waals surface area contributed by atoms with Crippen molar-refractivity contribution in [1.82, 2.24) is 0 Å². The minimum absolute atomic E-state index is 0.592. The summed E-state index contributed by atoms with van der Waals surface area (Å²) >= 11 is 0. The average molecular weight is 202 g/mol. The van der Waals surface area contributed by atoms with Crippen LogP contribution in [0.3, 0.4) is 0 Å². The third-order valence-corrected chi connectivity index (χ3v) is 1.96. The zero-order valence-corrected chi connectivity index (χ0v) is 8.17. The van der Waals surface area contributed by atoms with Crippen LogP contribution >= 0.6 is 0 Å². The Balaban J connectivity index is 2.70. The highest BCUT2D eigenvalue weighted by Crippen LogP contribution is 2.17. The van der Waals surface area contributed by atoms with E-state index in [1.165, 1.54) is 11.9 Å². The fourth-order valence-corrected chi connectivity index (χ4v) is 1.22. The lowest BCUT2D eigenvalue weighted by Gasteiger charge is -2.25. The smallest absolute Gasteiger partial charge is 0.448 e. The lowest BCUT2D eigenvalue weighted by atomic mass is 9.91. The first-order valence-corrected chi connectivity index (χ1v) is 4.37. The molecule has 1 aromatic rings. The molecule has 0 spiro atoms. The number of halogens is 3. The molecular weight excluding hydrogens is 190 g/mol. The molecule has 0 N–H and O–H groups in total. The first-order valence-electron chi connectivity index (χ1n) is 4.37. The molecule has 14 heavy (non-hydrogen) atoms. The molecule has 1 rings (SSSR count). The van der Waals surface area contributed by atoms with Gasteiger partial charge in [0.1, 0.15) is 0 Å². The zero-order valence-electron chi connectivity index (χ0n) is 8.17. The standard InChI is InChI=1S/C9H12BF3N/c1-8-3-5-9(6-4-8)14(2)7-10(11,12)13/h3-6H,7H2,1-2H3/q-1. The Morgan fingerprint density at radius 2 is 1.64 bits per heavy atom. The summed E-state index contributed by atoms with van der Waals surface area (Å²) in [4.78, 5) is 1.21. The summed E-state index contributed by atoms with van der Waals surface area (Å²) in [6.07, 6.45) is -0.858. The van der Waals surface area contributed by atoms with E-state index >= 15 is 0 Å². The van der Waals surface area contributed by atoms with Crippen LogP contribution in [0.5, 0.6) is 0 Å². The minimum atomic E-state index is -4.76. The summed E-state index contributed by atoms with van der Waals surface area (Å²) in [5.74, 6) is 0. The first kappa shape index (κ1) is 11.0. The summed E-state index contributed by atoms with van der Waals surface area (Å²) in [5, 5.41) is 0. The van der Waals surface area contributed by atoms with Gasteiger partial charge in [-0.15, -0.1) is 0 Å².